The van der Waals surface area contributed by atoms with E-state index in [-0.39, 0.29) is 6.04 Å². The minimum atomic E-state index is -0.248. The van der Waals surface area contributed by atoms with Crippen LogP contribution in [0.3, 0.4) is 0 Å². The van der Waals surface area contributed by atoms with Crippen LogP contribution >= 0.6 is 0 Å². The molecule has 2 aromatic heterocycles. The van der Waals surface area contributed by atoms with Crippen molar-refractivity contribution in [2.24, 2.45) is 12.8 Å². The lowest BCUT2D eigenvalue weighted by Crippen LogP contribution is -2.16. The minimum absolute atomic E-state index is 0.248. The largest absolute Gasteiger partial charge is 0.480 e. The Bertz CT molecular complexity index is 750. The number of nitrogens with zero attached hydrogens (tertiary/aromatic N) is 4. The van der Waals surface area contributed by atoms with Gasteiger partial charge in [0, 0.05) is 24.9 Å². The van der Waals surface area contributed by atoms with Gasteiger partial charge in [0.05, 0.1) is 30.1 Å². The van der Waals surface area contributed by atoms with Gasteiger partial charge < -0.3 is 10.5 Å². The van der Waals surface area contributed by atoms with Crippen molar-refractivity contribution < 1.29 is 4.74 Å². The zero-order chi connectivity index (χ0) is 14.8. The summed E-state index contributed by atoms with van der Waals surface area (Å²) in [5.41, 5.74) is 9.02. The van der Waals surface area contributed by atoms with E-state index in [1.165, 1.54) is 0 Å². The fourth-order valence-electron chi connectivity index (χ4n) is 2.39. The van der Waals surface area contributed by atoms with Gasteiger partial charge in [-0.2, -0.15) is 10.2 Å². The van der Waals surface area contributed by atoms with Crippen LogP contribution in [0.5, 0.6) is 5.88 Å². The van der Waals surface area contributed by atoms with Gasteiger partial charge in [-0.15, -0.1) is 5.10 Å². The lowest BCUT2D eigenvalue weighted by molar-refractivity contribution is 0.390. The van der Waals surface area contributed by atoms with Crippen molar-refractivity contribution in [2.75, 3.05) is 7.11 Å². The molecule has 1 atom stereocenters. The van der Waals surface area contributed by atoms with Gasteiger partial charge in [-0.05, 0) is 12.1 Å². The summed E-state index contributed by atoms with van der Waals surface area (Å²) in [7, 11) is 3.49. The van der Waals surface area contributed by atoms with Crippen LogP contribution in [-0.2, 0) is 13.5 Å². The van der Waals surface area contributed by atoms with Crippen molar-refractivity contribution in [1.82, 2.24) is 20.0 Å². The summed E-state index contributed by atoms with van der Waals surface area (Å²) in [6, 6.07) is 11.5. The first-order valence-corrected chi connectivity index (χ1v) is 6.73. The zero-order valence-corrected chi connectivity index (χ0v) is 12.0. The second-order valence-corrected chi connectivity index (χ2v) is 4.90. The molecule has 3 aromatic rings. The molecule has 0 spiro atoms. The summed E-state index contributed by atoms with van der Waals surface area (Å²) in [4.78, 5) is 0. The molecule has 0 aliphatic rings. The molecule has 2 heterocycles. The molecule has 0 aliphatic heterocycles. The van der Waals surface area contributed by atoms with E-state index in [4.69, 9.17) is 10.5 Å². The Morgan fingerprint density at radius 1 is 1.19 bits per heavy atom. The number of aryl methyl sites for hydroxylation is 1. The van der Waals surface area contributed by atoms with E-state index in [9.17, 15) is 0 Å². The number of benzene rings is 1. The number of nitrogens with two attached hydrogens (primary N) is 1. The quantitative estimate of drug-likeness (QED) is 0.787. The van der Waals surface area contributed by atoms with Gasteiger partial charge in [0.15, 0.2) is 0 Å². The molecular weight excluding hydrogens is 266 g/mol. The smallest absolute Gasteiger partial charge is 0.233 e. The summed E-state index contributed by atoms with van der Waals surface area (Å²) in [6.07, 6.45) is 0.613. The lowest BCUT2D eigenvalue weighted by Gasteiger charge is -2.09. The van der Waals surface area contributed by atoms with E-state index >= 15 is 0 Å². The van der Waals surface area contributed by atoms with Crippen LogP contribution in [0.2, 0.25) is 0 Å². The highest BCUT2D eigenvalue weighted by molar-refractivity contribution is 5.81. The molecule has 0 amide bonds. The van der Waals surface area contributed by atoms with Crippen LogP contribution < -0.4 is 10.5 Å². The van der Waals surface area contributed by atoms with Gasteiger partial charge >= 0.3 is 0 Å². The third-order valence-corrected chi connectivity index (χ3v) is 3.50. The number of para-hydroxylation sites is 1. The van der Waals surface area contributed by atoms with E-state index in [1.807, 2.05) is 36.0 Å². The first-order chi connectivity index (χ1) is 10.2. The maximum absolute atomic E-state index is 6.23. The lowest BCUT2D eigenvalue weighted by atomic mass is 10.1. The molecule has 0 bridgehead atoms. The summed E-state index contributed by atoms with van der Waals surface area (Å²) in [5.74, 6) is 0.481. The fourth-order valence-corrected chi connectivity index (χ4v) is 2.39. The number of aromatic nitrogens is 4. The van der Waals surface area contributed by atoms with Crippen molar-refractivity contribution in [3.63, 3.8) is 0 Å². The highest BCUT2D eigenvalue weighted by Crippen LogP contribution is 2.22. The predicted octanol–water partition coefficient (Wildman–Crippen LogP) is 1.61. The molecule has 2 N–H and O–H groups in total. The molecule has 6 nitrogen and oxygen atoms in total. The van der Waals surface area contributed by atoms with Gasteiger partial charge in [-0.3, -0.25) is 4.68 Å². The van der Waals surface area contributed by atoms with Crippen LogP contribution in [0, 0.1) is 0 Å². The van der Waals surface area contributed by atoms with Gasteiger partial charge in [-0.25, -0.2) is 0 Å². The number of fused-ring (bicyclic) bond motifs is 1. The number of ether oxygens (including phenoxy) is 1. The second-order valence-electron chi connectivity index (χ2n) is 4.90. The molecule has 1 unspecified atom stereocenters. The molecule has 108 valence electrons. The van der Waals surface area contributed by atoms with E-state index in [0.717, 1.165) is 22.3 Å². The molecule has 0 fully saturated rings. The summed E-state index contributed by atoms with van der Waals surface area (Å²) in [5, 5.41) is 13.7. The fraction of sp³-hybridized carbons (Fsp3) is 0.267. The monoisotopic (exact) mass is 283 g/mol. The number of methoxy groups -OCH3 is 1. The summed E-state index contributed by atoms with van der Waals surface area (Å²) < 4.78 is 6.87. The van der Waals surface area contributed by atoms with Crippen molar-refractivity contribution in [2.45, 2.75) is 12.5 Å². The molecule has 3 rings (SSSR count). The molecule has 0 aliphatic carbocycles. The van der Waals surface area contributed by atoms with Crippen molar-refractivity contribution in [1.29, 1.82) is 0 Å². The van der Waals surface area contributed by atoms with Crippen molar-refractivity contribution in [3.05, 3.63) is 47.8 Å². The SMILES string of the molecule is COc1ccc(C(N)Cc2nn(C)c3ccccc23)nn1. The Hall–Kier alpha value is -2.47. The Labute approximate surface area is 122 Å². The van der Waals surface area contributed by atoms with Gasteiger partial charge in [0.2, 0.25) is 5.88 Å². The van der Waals surface area contributed by atoms with Crippen LogP contribution in [0.4, 0.5) is 0 Å². The Balaban J connectivity index is 1.87. The molecule has 0 saturated carbocycles. The molecule has 0 saturated heterocycles. The summed E-state index contributed by atoms with van der Waals surface area (Å²) >= 11 is 0. The maximum Gasteiger partial charge on any atom is 0.233 e. The number of rotatable bonds is 4. The number of hydrogen-bond acceptors (Lipinski definition) is 5. The Morgan fingerprint density at radius 3 is 2.71 bits per heavy atom. The summed E-state index contributed by atoms with van der Waals surface area (Å²) in [6.45, 7) is 0. The normalized spacial score (nSPS) is 12.5. The predicted molar refractivity (Wildman–Crippen MR) is 79.9 cm³/mol. The average Bonchev–Trinajstić information content (AvgIpc) is 2.84. The number of hydrogen-bond donors (Lipinski definition) is 1. The van der Waals surface area contributed by atoms with Crippen molar-refractivity contribution >= 4 is 10.9 Å². The topological polar surface area (TPSA) is 78.9 Å². The third-order valence-electron chi connectivity index (χ3n) is 3.50. The van der Waals surface area contributed by atoms with E-state index in [2.05, 4.69) is 21.4 Å². The molecular formula is C15H17N5O. The minimum Gasteiger partial charge on any atom is -0.480 e. The first kappa shape index (κ1) is 13.5. The van der Waals surface area contributed by atoms with Crippen LogP contribution in [0.15, 0.2) is 36.4 Å². The van der Waals surface area contributed by atoms with Crippen LogP contribution in [-0.4, -0.2) is 27.1 Å². The Morgan fingerprint density at radius 2 is 2.00 bits per heavy atom. The first-order valence-electron chi connectivity index (χ1n) is 6.73. The zero-order valence-electron chi connectivity index (χ0n) is 12.0. The highest BCUT2D eigenvalue weighted by Gasteiger charge is 2.15. The molecule has 1 aromatic carbocycles. The van der Waals surface area contributed by atoms with E-state index < -0.39 is 0 Å². The molecule has 6 heteroatoms. The van der Waals surface area contributed by atoms with Crippen LogP contribution in [0.25, 0.3) is 10.9 Å². The molecule has 21 heavy (non-hydrogen) atoms. The van der Waals surface area contributed by atoms with Gasteiger partial charge in [-0.1, -0.05) is 18.2 Å². The average molecular weight is 283 g/mol. The molecule has 0 radical (unpaired) electrons. The van der Waals surface area contributed by atoms with Gasteiger partial charge in [0.25, 0.3) is 0 Å². The van der Waals surface area contributed by atoms with Gasteiger partial charge in [0.1, 0.15) is 0 Å². The Kier molecular flexibility index (Phi) is 3.53. The van der Waals surface area contributed by atoms with E-state index in [1.54, 1.807) is 13.2 Å². The third kappa shape index (κ3) is 2.57. The van der Waals surface area contributed by atoms with Crippen molar-refractivity contribution in [3.8, 4) is 5.88 Å². The highest BCUT2D eigenvalue weighted by atomic mass is 16.5. The van der Waals surface area contributed by atoms with Crippen LogP contribution in [0.1, 0.15) is 17.4 Å². The standard InChI is InChI=1S/C15H17N5O/c1-20-14-6-4-3-5-10(14)13(19-20)9-11(16)12-7-8-15(21-2)18-17-12/h3-8,11H,9,16H2,1-2H3. The van der Waals surface area contributed by atoms with E-state index in [0.29, 0.717) is 12.3 Å². The second kappa shape index (κ2) is 5.49. The maximum atomic E-state index is 6.23.